The van der Waals surface area contributed by atoms with E-state index in [2.05, 4.69) is 21.9 Å². The Bertz CT molecular complexity index is 679. The van der Waals surface area contributed by atoms with Crippen molar-refractivity contribution in [1.82, 2.24) is 10.2 Å². The number of nitrogens with one attached hydrogen (secondary N) is 1. The number of benzene rings is 1. The van der Waals surface area contributed by atoms with Crippen molar-refractivity contribution in [3.05, 3.63) is 23.8 Å². The number of hydrogen-bond acceptors (Lipinski definition) is 4. The number of alkyl halides is 2. The minimum absolute atomic E-state index is 0.0496. The highest BCUT2D eigenvalue weighted by molar-refractivity contribution is 5.80. The summed E-state index contributed by atoms with van der Waals surface area (Å²) in [7, 11) is 1.43. The van der Waals surface area contributed by atoms with Crippen molar-refractivity contribution in [3.63, 3.8) is 0 Å². The molecule has 1 aromatic carbocycles. The zero-order valence-corrected chi connectivity index (χ0v) is 16.5. The summed E-state index contributed by atoms with van der Waals surface area (Å²) in [6.45, 7) is 4.15. The van der Waals surface area contributed by atoms with Gasteiger partial charge in [0.25, 0.3) is 0 Å². The standard InChI is InChI=1S/C20H29F2N3O3/c1-3-23-19(25-10-7-20(13-25)8-11-27-14-20)24-9-6-15-4-5-16(26-2)17(12-15)28-18(21)22/h4-5,12,18H,3,6-11,13-14H2,1-2H3,(H,23,24). The number of aliphatic imine (C=N–C) groups is 1. The van der Waals surface area contributed by atoms with E-state index in [-0.39, 0.29) is 11.2 Å². The molecular weight excluding hydrogens is 368 g/mol. The summed E-state index contributed by atoms with van der Waals surface area (Å²) in [4.78, 5) is 7.05. The SMILES string of the molecule is CCNC(=NCCc1ccc(OC)c(OC(F)F)c1)N1CCC2(CCOC2)C1. The van der Waals surface area contributed by atoms with Crippen LogP contribution in [-0.4, -0.2) is 64.0 Å². The summed E-state index contributed by atoms with van der Waals surface area (Å²) >= 11 is 0. The van der Waals surface area contributed by atoms with E-state index in [1.54, 1.807) is 12.1 Å². The van der Waals surface area contributed by atoms with Gasteiger partial charge in [0.1, 0.15) is 0 Å². The molecule has 0 amide bonds. The number of rotatable bonds is 7. The van der Waals surface area contributed by atoms with Gasteiger partial charge in [-0.05, 0) is 43.9 Å². The third-order valence-electron chi connectivity index (χ3n) is 5.36. The lowest BCUT2D eigenvalue weighted by Crippen LogP contribution is -2.41. The Balaban J connectivity index is 1.62. The van der Waals surface area contributed by atoms with Gasteiger partial charge in [-0.15, -0.1) is 0 Å². The molecule has 0 bridgehead atoms. The van der Waals surface area contributed by atoms with Gasteiger partial charge in [0.15, 0.2) is 17.5 Å². The van der Waals surface area contributed by atoms with Crippen LogP contribution in [0.4, 0.5) is 8.78 Å². The highest BCUT2D eigenvalue weighted by Crippen LogP contribution is 2.38. The molecule has 28 heavy (non-hydrogen) atoms. The maximum absolute atomic E-state index is 12.6. The second-order valence-electron chi connectivity index (χ2n) is 7.32. The summed E-state index contributed by atoms with van der Waals surface area (Å²) < 4.78 is 40.4. The molecule has 0 radical (unpaired) electrons. The molecule has 1 aromatic rings. The molecule has 2 fully saturated rings. The number of likely N-dealkylation sites (tertiary alicyclic amines) is 1. The van der Waals surface area contributed by atoms with Crippen LogP contribution < -0.4 is 14.8 Å². The Hall–Kier alpha value is -2.09. The Morgan fingerprint density at radius 2 is 2.21 bits per heavy atom. The second kappa shape index (κ2) is 9.41. The van der Waals surface area contributed by atoms with E-state index in [0.29, 0.717) is 18.7 Å². The summed E-state index contributed by atoms with van der Waals surface area (Å²) in [6, 6.07) is 5.08. The smallest absolute Gasteiger partial charge is 0.387 e. The molecule has 1 spiro atoms. The van der Waals surface area contributed by atoms with Gasteiger partial charge in [-0.3, -0.25) is 4.99 Å². The van der Waals surface area contributed by atoms with Gasteiger partial charge in [0, 0.05) is 38.2 Å². The van der Waals surface area contributed by atoms with Crippen LogP contribution in [0.1, 0.15) is 25.3 Å². The third-order valence-corrected chi connectivity index (χ3v) is 5.36. The van der Waals surface area contributed by atoms with Crippen molar-refractivity contribution < 1.29 is 23.0 Å². The molecule has 2 saturated heterocycles. The molecule has 0 aromatic heterocycles. The third kappa shape index (κ3) is 5.04. The van der Waals surface area contributed by atoms with Gasteiger partial charge < -0.3 is 24.4 Å². The Kier molecular flexibility index (Phi) is 6.93. The molecule has 8 heteroatoms. The molecule has 2 aliphatic rings. The molecular formula is C20H29F2N3O3. The van der Waals surface area contributed by atoms with Crippen LogP contribution in [0.2, 0.25) is 0 Å². The predicted octanol–water partition coefficient (Wildman–Crippen LogP) is 2.92. The first-order chi connectivity index (χ1) is 13.5. The number of methoxy groups -OCH3 is 1. The van der Waals surface area contributed by atoms with Crippen molar-refractivity contribution in [1.29, 1.82) is 0 Å². The molecule has 2 heterocycles. The fraction of sp³-hybridized carbons (Fsp3) is 0.650. The van der Waals surface area contributed by atoms with Gasteiger partial charge in [-0.25, -0.2) is 0 Å². The fourth-order valence-electron chi connectivity index (χ4n) is 3.87. The highest BCUT2D eigenvalue weighted by atomic mass is 19.3. The van der Waals surface area contributed by atoms with Gasteiger partial charge in [-0.2, -0.15) is 8.78 Å². The van der Waals surface area contributed by atoms with Crippen LogP contribution in [0.5, 0.6) is 11.5 Å². The van der Waals surface area contributed by atoms with Gasteiger partial charge >= 0.3 is 6.61 Å². The van der Waals surface area contributed by atoms with Crippen LogP contribution in [0.3, 0.4) is 0 Å². The first kappa shape index (κ1) is 20.6. The Labute approximate surface area is 164 Å². The van der Waals surface area contributed by atoms with Crippen LogP contribution in [0.25, 0.3) is 0 Å². The molecule has 0 aliphatic carbocycles. The Morgan fingerprint density at radius 1 is 1.36 bits per heavy atom. The number of halogens is 2. The van der Waals surface area contributed by atoms with Crippen LogP contribution >= 0.6 is 0 Å². The summed E-state index contributed by atoms with van der Waals surface area (Å²) in [6.07, 6.45) is 2.87. The van der Waals surface area contributed by atoms with Crippen LogP contribution in [0, 0.1) is 5.41 Å². The minimum Gasteiger partial charge on any atom is -0.493 e. The van der Waals surface area contributed by atoms with Gasteiger partial charge in [0.2, 0.25) is 0 Å². The highest BCUT2D eigenvalue weighted by Gasteiger charge is 2.42. The molecule has 156 valence electrons. The van der Waals surface area contributed by atoms with Gasteiger partial charge in [0.05, 0.1) is 13.7 Å². The largest absolute Gasteiger partial charge is 0.493 e. The quantitative estimate of drug-likeness (QED) is 0.566. The molecule has 0 saturated carbocycles. The van der Waals surface area contributed by atoms with E-state index in [9.17, 15) is 8.78 Å². The van der Waals surface area contributed by atoms with E-state index < -0.39 is 6.61 Å². The number of guanidine groups is 1. The maximum atomic E-state index is 12.6. The normalized spacial score (nSPS) is 22.3. The number of hydrogen-bond donors (Lipinski definition) is 1. The lowest BCUT2D eigenvalue weighted by molar-refractivity contribution is -0.0512. The zero-order valence-electron chi connectivity index (χ0n) is 16.5. The average molecular weight is 397 g/mol. The maximum Gasteiger partial charge on any atom is 0.387 e. The first-order valence-corrected chi connectivity index (χ1v) is 9.78. The summed E-state index contributed by atoms with van der Waals surface area (Å²) in [5, 5.41) is 3.36. The van der Waals surface area contributed by atoms with E-state index in [1.807, 2.05) is 6.07 Å². The second-order valence-corrected chi connectivity index (χ2v) is 7.32. The molecule has 1 atom stereocenters. The van der Waals surface area contributed by atoms with E-state index in [1.165, 1.54) is 7.11 Å². The lowest BCUT2D eigenvalue weighted by Gasteiger charge is -2.25. The lowest BCUT2D eigenvalue weighted by atomic mass is 9.87. The van der Waals surface area contributed by atoms with Crippen LogP contribution in [0.15, 0.2) is 23.2 Å². The van der Waals surface area contributed by atoms with Crippen molar-refractivity contribution in [3.8, 4) is 11.5 Å². The topological polar surface area (TPSA) is 55.3 Å². The number of ether oxygens (including phenoxy) is 3. The van der Waals surface area contributed by atoms with E-state index in [4.69, 9.17) is 14.5 Å². The molecule has 6 nitrogen and oxygen atoms in total. The van der Waals surface area contributed by atoms with Crippen molar-refractivity contribution in [2.24, 2.45) is 10.4 Å². The van der Waals surface area contributed by atoms with Crippen molar-refractivity contribution in [2.75, 3.05) is 46.5 Å². The van der Waals surface area contributed by atoms with E-state index >= 15 is 0 Å². The molecule has 1 unspecified atom stereocenters. The molecule has 2 aliphatic heterocycles. The fourth-order valence-corrected chi connectivity index (χ4v) is 3.87. The average Bonchev–Trinajstić information content (AvgIpc) is 3.31. The van der Waals surface area contributed by atoms with Crippen LogP contribution in [-0.2, 0) is 11.2 Å². The first-order valence-electron chi connectivity index (χ1n) is 9.78. The minimum atomic E-state index is -2.88. The Morgan fingerprint density at radius 3 is 2.89 bits per heavy atom. The predicted molar refractivity (Wildman–Crippen MR) is 103 cm³/mol. The van der Waals surface area contributed by atoms with Crippen molar-refractivity contribution >= 4 is 5.96 Å². The summed E-state index contributed by atoms with van der Waals surface area (Å²) in [5.74, 6) is 1.25. The van der Waals surface area contributed by atoms with E-state index in [0.717, 1.165) is 57.2 Å². The zero-order chi connectivity index (χ0) is 20.0. The molecule has 3 rings (SSSR count). The monoisotopic (exact) mass is 397 g/mol. The number of nitrogens with zero attached hydrogens (tertiary/aromatic N) is 2. The van der Waals surface area contributed by atoms with Gasteiger partial charge in [-0.1, -0.05) is 6.07 Å². The molecule has 1 N–H and O–H groups in total. The van der Waals surface area contributed by atoms with Crippen molar-refractivity contribution in [2.45, 2.75) is 32.8 Å². The summed E-state index contributed by atoms with van der Waals surface area (Å²) in [5.41, 5.74) is 1.14.